The molecule has 1 aliphatic heterocycles. The fourth-order valence-corrected chi connectivity index (χ4v) is 3.96. The molecule has 3 N–H and O–H groups in total. The summed E-state index contributed by atoms with van der Waals surface area (Å²) >= 11 is 0. The predicted molar refractivity (Wildman–Crippen MR) is 128 cm³/mol. The van der Waals surface area contributed by atoms with E-state index in [0.29, 0.717) is 12.1 Å². The first-order valence-electron chi connectivity index (χ1n) is 10.5. The quantitative estimate of drug-likeness (QED) is 0.418. The monoisotopic (exact) mass is 451 g/mol. The van der Waals surface area contributed by atoms with Crippen LogP contribution in [0.15, 0.2) is 67.1 Å². The number of hydrogen-bond acceptors (Lipinski definition) is 4. The number of hydrogen-bond donors (Lipinski definition) is 3. The summed E-state index contributed by atoms with van der Waals surface area (Å²) in [6.07, 6.45) is 6.40. The molecule has 1 atom stereocenters. The Labute approximate surface area is 192 Å². The summed E-state index contributed by atoms with van der Waals surface area (Å²) in [5, 5.41) is 11.8. The molecule has 166 valence electrons. The lowest BCUT2D eigenvalue weighted by molar-refractivity contribution is 0.0294. The summed E-state index contributed by atoms with van der Waals surface area (Å²) < 4.78 is 7.62. The second kappa shape index (κ2) is 9.99. The third-order valence-electron chi connectivity index (χ3n) is 5.56. The van der Waals surface area contributed by atoms with E-state index in [-0.39, 0.29) is 24.4 Å². The molecule has 1 saturated heterocycles. The van der Waals surface area contributed by atoms with Crippen LogP contribution in [0.2, 0.25) is 0 Å². The van der Waals surface area contributed by atoms with E-state index in [1.54, 1.807) is 17.1 Å². The highest BCUT2D eigenvalue weighted by Crippen LogP contribution is 2.24. The van der Waals surface area contributed by atoms with Crippen molar-refractivity contribution in [2.45, 2.75) is 19.1 Å². The van der Waals surface area contributed by atoms with E-state index in [1.807, 2.05) is 54.7 Å². The number of fused-ring (bicyclic) bond motifs is 1. The summed E-state index contributed by atoms with van der Waals surface area (Å²) in [5.41, 5.74) is 4.67. The fourth-order valence-electron chi connectivity index (χ4n) is 3.96. The van der Waals surface area contributed by atoms with Crippen molar-refractivity contribution in [2.75, 3.05) is 25.0 Å². The van der Waals surface area contributed by atoms with Gasteiger partial charge in [0.1, 0.15) is 0 Å². The van der Waals surface area contributed by atoms with Gasteiger partial charge in [0.15, 0.2) is 0 Å². The number of halogens is 1. The number of rotatable bonds is 6. The van der Waals surface area contributed by atoms with Gasteiger partial charge in [0.05, 0.1) is 31.0 Å². The van der Waals surface area contributed by atoms with E-state index in [2.05, 4.69) is 20.7 Å². The highest BCUT2D eigenvalue weighted by Gasteiger charge is 2.17. The third kappa shape index (κ3) is 5.02. The Hall–Kier alpha value is -3.13. The van der Waals surface area contributed by atoms with Crippen molar-refractivity contribution in [2.24, 2.45) is 0 Å². The molecule has 8 heteroatoms. The molecule has 0 aliphatic carbocycles. The molecule has 7 nitrogen and oxygen atoms in total. The van der Waals surface area contributed by atoms with Crippen LogP contribution in [-0.4, -0.2) is 46.5 Å². The van der Waals surface area contributed by atoms with Gasteiger partial charge in [0.2, 0.25) is 0 Å². The summed E-state index contributed by atoms with van der Waals surface area (Å²) in [4.78, 5) is 16.1. The van der Waals surface area contributed by atoms with E-state index in [9.17, 15) is 4.79 Å². The second-order valence-electron chi connectivity index (χ2n) is 7.84. The Morgan fingerprint density at radius 2 is 2.09 bits per heavy atom. The van der Waals surface area contributed by atoms with Gasteiger partial charge < -0.3 is 20.4 Å². The van der Waals surface area contributed by atoms with Crippen LogP contribution in [0.5, 0.6) is 0 Å². The lowest BCUT2D eigenvalue weighted by Crippen LogP contribution is -2.39. The number of anilines is 1. The maximum atomic E-state index is 12.8. The molecule has 3 heterocycles. The predicted octanol–water partition coefficient (Wildman–Crippen LogP) is 3.62. The van der Waals surface area contributed by atoms with Gasteiger partial charge in [-0.1, -0.05) is 30.3 Å². The van der Waals surface area contributed by atoms with E-state index in [4.69, 9.17) is 4.74 Å². The molecule has 0 bridgehead atoms. The molecular weight excluding hydrogens is 426 g/mol. The molecule has 1 fully saturated rings. The number of carbonyl (C=O) groups is 1. The largest absolute Gasteiger partial charge is 0.375 e. The number of morpholine rings is 1. The van der Waals surface area contributed by atoms with Crippen LogP contribution in [0.3, 0.4) is 0 Å². The van der Waals surface area contributed by atoms with Crippen molar-refractivity contribution < 1.29 is 9.53 Å². The first kappa shape index (κ1) is 22.1. The molecule has 0 spiro atoms. The van der Waals surface area contributed by atoms with Crippen LogP contribution in [0.4, 0.5) is 5.69 Å². The number of nitrogens with zero attached hydrogens (tertiary/aromatic N) is 2. The van der Waals surface area contributed by atoms with Crippen LogP contribution < -0.4 is 10.6 Å². The Morgan fingerprint density at radius 1 is 1.22 bits per heavy atom. The van der Waals surface area contributed by atoms with Gasteiger partial charge in [-0.05, 0) is 29.3 Å². The average molecular weight is 452 g/mol. The molecule has 4 aromatic rings. The smallest absolute Gasteiger partial charge is 0.258 e. The zero-order valence-corrected chi connectivity index (χ0v) is 18.4. The van der Waals surface area contributed by atoms with E-state index < -0.39 is 0 Å². The Bertz CT molecular complexity index is 1180. The van der Waals surface area contributed by atoms with Crippen molar-refractivity contribution in [3.05, 3.63) is 83.8 Å². The molecule has 32 heavy (non-hydrogen) atoms. The Balaban J connectivity index is 0.00000245. The maximum absolute atomic E-state index is 12.8. The molecular formula is C24H26ClN5O2. The zero-order chi connectivity index (χ0) is 21.0. The van der Waals surface area contributed by atoms with Crippen molar-refractivity contribution in [3.63, 3.8) is 0 Å². The summed E-state index contributed by atoms with van der Waals surface area (Å²) in [7, 11) is 0. The molecule has 1 aliphatic rings. The Morgan fingerprint density at radius 3 is 2.91 bits per heavy atom. The molecule has 0 radical (unpaired) electrons. The SMILES string of the molecule is Cl.O=C(Nc1ccc2[nH]cc(CC3CNCCO3)c2c1)c1cnn(Cc2ccccc2)c1. The molecule has 1 amide bonds. The molecule has 1 unspecified atom stereocenters. The van der Waals surface area contributed by atoms with Crippen molar-refractivity contribution >= 4 is 34.9 Å². The van der Waals surface area contributed by atoms with Gasteiger partial charge in [-0.15, -0.1) is 12.4 Å². The van der Waals surface area contributed by atoms with Crippen LogP contribution in [0.1, 0.15) is 21.5 Å². The number of carbonyl (C=O) groups excluding carboxylic acids is 1. The minimum absolute atomic E-state index is 0. The van der Waals surface area contributed by atoms with E-state index in [0.717, 1.165) is 48.3 Å². The lowest BCUT2D eigenvalue weighted by atomic mass is 10.1. The summed E-state index contributed by atoms with van der Waals surface area (Å²) in [5.74, 6) is -0.171. The van der Waals surface area contributed by atoms with Crippen molar-refractivity contribution in [1.29, 1.82) is 0 Å². The summed E-state index contributed by atoms with van der Waals surface area (Å²) in [6.45, 7) is 3.13. The number of benzene rings is 2. The van der Waals surface area contributed by atoms with E-state index >= 15 is 0 Å². The van der Waals surface area contributed by atoms with Crippen molar-refractivity contribution in [3.8, 4) is 0 Å². The normalized spacial score (nSPS) is 15.9. The zero-order valence-electron chi connectivity index (χ0n) is 17.6. The number of nitrogens with one attached hydrogen (secondary N) is 3. The number of aromatic nitrogens is 3. The van der Waals surface area contributed by atoms with Crippen LogP contribution in [0, 0.1) is 0 Å². The topological polar surface area (TPSA) is 84.0 Å². The first-order chi connectivity index (χ1) is 15.2. The van der Waals surface area contributed by atoms with Crippen LogP contribution in [0.25, 0.3) is 10.9 Å². The average Bonchev–Trinajstić information content (AvgIpc) is 3.43. The molecule has 2 aromatic heterocycles. The highest BCUT2D eigenvalue weighted by molar-refractivity contribution is 6.05. The number of aromatic amines is 1. The fraction of sp³-hybridized carbons (Fsp3) is 0.250. The van der Waals surface area contributed by atoms with Gasteiger partial charge >= 0.3 is 0 Å². The number of H-pyrrole nitrogens is 1. The van der Waals surface area contributed by atoms with Gasteiger partial charge in [0.25, 0.3) is 5.91 Å². The molecule has 2 aromatic carbocycles. The van der Waals surface area contributed by atoms with Gasteiger partial charge in [-0.2, -0.15) is 5.10 Å². The number of ether oxygens (including phenoxy) is 1. The van der Waals surface area contributed by atoms with Crippen molar-refractivity contribution in [1.82, 2.24) is 20.1 Å². The molecule has 5 rings (SSSR count). The number of amides is 1. The summed E-state index contributed by atoms with van der Waals surface area (Å²) in [6, 6.07) is 16.0. The second-order valence-corrected chi connectivity index (χ2v) is 7.84. The van der Waals surface area contributed by atoms with Crippen LogP contribution in [-0.2, 0) is 17.7 Å². The first-order valence-corrected chi connectivity index (χ1v) is 10.5. The van der Waals surface area contributed by atoms with Gasteiger partial charge in [-0.25, -0.2) is 0 Å². The standard InChI is InChI=1S/C24H25N5O2.ClH/c30-24(19-13-27-29(16-19)15-17-4-2-1-3-5-17)28-20-6-7-23-22(11-20)18(12-26-23)10-21-14-25-8-9-31-21;/h1-7,11-13,16,21,25-26H,8-10,14-15H2,(H,28,30);1H. The minimum Gasteiger partial charge on any atom is -0.375 e. The van der Waals surface area contributed by atoms with Crippen LogP contribution >= 0.6 is 12.4 Å². The lowest BCUT2D eigenvalue weighted by Gasteiger charge is -2.23. The third-order valence-corrected chi connectivity index (χ3v) is 5.56. The molecule has 0 saturated carbocycles. The Kier molecular flexibility index (Phi) is 6.90. The minimum atomic E-state index is -0.171. The van der Waals surface area contributed by atoms with Gasteiger partial charge in [-0.3, -0.25) is 9.48 Å². The van der Waals surface area contributed by atoms with Gasteiger partial charge in [0, 0.05) is 48.5 Å². The highest BCUT2D eigenvalue weighted by atomic mass is 35.5. The maximum Gasteiger partial charge on any atom is 0.258 e. The van der Waals surface area contributed by atoms with E-state index in [1.165, 1.54) is 5.56 Å².